The summed E-state index contributed by atoms with van der Waals surface area (Å²) in [6.07, 6.45) is 3.40. The predicted molar refractivity (Wildman–Crippen MR) is 71.7 cm³/mol. The van der Waals surface area contributed by atoms with E-state index < -0.39 is 12.0 Å². The molecule has 1 heterocycles. The molecule has 2 N–H and O–H groups in total. The zero-order chi connectivity index (χ0) is 13.8. The topological polar surface area (TPSA) is 80.0 Å². The molecule has 0 saturated carbocycles. The van der Waals surface area contributed by atoms with E-state index in [0.717, 1.165) is 0 Å². The second-order valence-corrected chi connectivity index (χ2v) is 4.38. The van der Waals surface area contributed by atoms with Crippen LogP contribution in [0.5, 0.6) is 0 Å². The summed E-state index contributed by atoms with van der Waals surface area (Å²) in [6, 6.07) is 4.46. The van der Waals surface area contributed by atoms with Crippen LogP contribution in [0, 0.1) is 0 Å². The van der Waals surface area contributed by atoms with Crippen LogP contribution >= 0.6 is 11.6 Å². The van der Waals surface area contributed by atoms with Crippen molar-refractivity contribution >= 4 is 23.3 Å². The highest BCUT2D eigenvalue weighted by atomic mass is 35.5. The number of aliphatic carboxylic acids is 1. The van der Waals surface area contributed by atoms with Crippen LogP contribution in [-0.2, 0) is 4.79 Å². The first-order valence-corrected chi connectivity index (χ1v) is 6.13. The molecule has 1 atom stereocenters. The molecule has 0 spiro atoms. The van der Waals surface area contributed by atoms with Crippen molar-refractivity contribution in [1.29, 1.82) is 0 Å². The van der Waals surface area contributed by atoms with Crippen molar-refractivity contribution in [2.45, 2.75) is 19.4 Å². The van der Waals surface area contributed by atoms with Crippen LogP contribution in [0.25, 0.3) is 5.69 Å². The monoisotopic (exact) mass is 280 g/mol. The Bertz CT molecular complexity index is 571. The Morgan fingerprint density at radius 3 is 2.95 bits per heavy atom. The maximum absolute atomic E-state index is 11.1. The molecule has 0 amide bonds. The van der Waals surface area contributed by atoms with Crippen molar-refractivity contribution in [3.63, 3.8) is 0 Å². The highest BCUT2D eigenvalue weighted by molar-refractivity contribution is 6.31. The number of benzene rings is 1. The molecule has 0 aliphatic rings. The Labute approximate surface area is 115 Å². The number of carboxylic acids is 1. The van der Waals surface area contributed by atoms with Gasteiger partial charge in [-0.2, -0.15) is 5.10 Å². The number of aromatic nitrogens is 3. The fourth-order valence-electron chi connectivity index (χ4n) is 1.68. The van der Waals surface area contributed by atoms with E-state index in [2.05, 4.69) is 15.4 Å². The van der Waals surface area contributed by atoms with Gasteiger partial charge in [0.15, 0.2) is 0 Å². The molecule has 6 nitrogen and oxygen atoms in total. The molecular weight excluding hydrogens is 268 g/mol. The summed E-state index contributed by atoms with van der Waals surface area (Å²) in [5.41, 5.74) is 1.30. The van der Waals surface area contributed by atoms with E-state index in [1.54, 1.807) is 29.8 Å². The molecule has 1 aromatic carbocycles. The highest BCUT2D eigenvalue weighted by Crippen LogP contribution is 2.25. The molecule has 1 aromatic heterocycles. The summed E-state index contributed by atoms with van der Waals surface area (Å²) in [5, 5.41) is 16.6. The molecule has 2 aromatic rings. The SMILES string of the molecule is CCC(Nc1cc(Cl)ccc1-n1cncn1)C(=O)O. The third kappa shape index (κ3) is 3.03. The van der Waals surface area contributed by atoms with Crippen molar-refractivity contribution < 1.29 is 9.90 Å². The number of nitrogens with one attached hydrogen (secondary N) is 1. The van der Waals surface area contributed by atoms with Gasteiger partial charge in [-0.25, -0.2) is 14.5 Å². The van der Waals surface area contributed by atoms with Crippen molar-refractivity contribution in [3.8, 4) is 5.69 Å². The summed E-state index contributed by atoms with van der Waals surface area (Å²) in [4.78, 5) is 15.0. The predicted octanol–water partition coefficient (Wildman–Crippen LogP) is 2.20. The highest BCUT2D eigenvalue weighted by Gasteiger charge is 2.17. The lowest BCUT2D eigenvalue weighted by Crippen LogP contribution is -2.28. The zero-order valence-electron chi connectivity index (χ0n) is 10.2. The number of hydrogen-bond acceptors (Lipinski definition) is 4. The van der Waals surface area contributed by atoms with Crippen LogP contribution in [0.3, 0.4) is 0 Å². The summed E-state index contributed by atoms with van der Waals surface area (Å²) >= 11 is 5.95. The molecule has 7 heteroatoms. The molecule has 0 saturated heterocycles. The van der Waals surface area contributed by atoms with Crippen molar-refractivity contribution in [2.24, 2.45) is 0 Å². The Hall–Kier alpha value is -2.08. The molecule has 0 aliphatic heterocycles. The molecule has 100 valence electrons. The summed E-state index contributed by atoms with van der Waals surface area (Å²) < 4.78 is 1.55. The Morgan fingerprint density at radius 2 is 2.37 bits per heavy atom. The van der Waals surface area contributed by atoms with Gasteiger partial charge in [0.05, 0.1) is 11.4 Å². The molecule has 1 unspecified atom stereocenters. The van der Waals surface area contributed by atoms with Gasteiger partial charge in [0.1, 0.15) is 18.7 Å². The van der Waals surface area contributed by atoms with Crippen LogP contribution in [0.4, 0.5) is 5.69 Å². The number of hydrogen-bond donors (Lipinski definition) is 2. The third-order valence-electron chi connectivity index (χ3n) is 2.66. The van der Waals surface area contributed by atoms with E-state index >= 15 is 0 Å². The fraction of sp³-hybridized carbons (Fsp3) is 0.250. The quantitative estimate of drug-likeness (QED) is 0.877. The smallest absolute Gasteiger partial charge is 0.326 e. The van der Waals surface area contributed by atoms with E-state index in [1.807, 2.05) is 0 Å². The number of halogens is 1. The van der Waals surface area contributed by atoms with E-state index in [1.165, 1.54) is 12.7 Å². The first-order chi connectivity index (χ1) is 9.11. The van der Waals surface area contributed by atoms with Gasteiger partial charge >= 0.3 is 5.97 Å². The first-order valence-electron chi connectivity index (χ1n) is 5.75. The number of rotatable bonds is 5. The van der Waals surface area contributed by atoms with Gasteiger partial charge in [0.25, 0.3) is 0 Å². The Morgan fingerprint density at radius 1 is 1.58 bits per heavy atom. The first kappa shape index (κ1) is 13.4. The van der Waals surface area contributed by atoms with Gasteiger partial charge in [0, 0.05) is 5.02 Å². The molecule has 0 aliphatic carbocycles. The van der Waals surface area contributed by atoms with Gasteiger partial charge in [0.2, 0.25) is 0 Å². The normalized spacial score (nSPS) is 12.1. The molecule has 0 bridgehead atoms. The number of nitrogens with zero attached hydrogens (tertiary/aromatic N) is 3. The summed E-state index contributed by atoms with van der Waals surface area (Å²) in [7, 11) is 0. The molecule has 0 radical (unpaired) electrons. The third-order valence-corrected chi connectivity index (χ3v) is 2.90. The summed E-state index contributed by atoms with van der Waals surface area (Å²) in [6.45, 7) is 1.80. The van der Waals surface area contributed by atoms with Crippen molar-refractivity contribution in [1.82, 2.24) is 14.8 Å². The van der Waals surface area contributed by atoms with Gasteiger partial charge in [-0.05, 0) is 24.6 Å². The van der Waals surface area contributed by atoms with Crippen molar-refractivity contribution in [2.75, 3.05) is 5.32 Å². The lowest BCUT2D eigenvalue weighted by molar-refractivity contribution is -0.137. The fourth-order valence-corrected chi connectivity index (χ4v) is 1.85. The minimum atomic E-state index is -0.910. The average Bonchev–Trinajstić information content (AvgIpc) is 2.89. The minimum Gasteiger partial charge on any atom is -0.480 e. The zero-order valence-corrected chi connectivity index (χ0v) is 11.0. The second kappa shape index (κ2) is 5.71. The second-order valence-electron chi connectivity index (χ2n) is 3.94. The van der Waals surface area contributed by atoms with Crippen LogP contribution in [0.15, 0.2) is 30.9 Å². The lowest BCUT2D eigenvalue weighted by atomic mass is 10.2. The van der Waals surface area contributed by atoms with Gasteiger partial charge < -0.3 is 10.4 Å². The minimum absolute atomic E-state index is 0.457. The van der Waals surface area contributed by atoms with E-state index in [-0.39, 0.29) is 0 Å². The number of carbonyl (C=O) groups is 1. The van der Waals surface area contributed by atoms with Crippen LogP contribution in [0.2, 0.25) is 5.02 Å². The van der Waals surface area contributed by atoms with Crippen LogP contribution < -0.4 is 5.32 Å². The summed E-state index contributed by atoms with van der Waals surface area (Å²) in [5.74, 6) is -0.910. The van der Waals surface area contributed by atoms with E-state index in [9.17, 15) is 4.79 Å². The number of anilines is 1. The molecule has 19 heavy (non-hydrogen) atoms. The Kier molecular flexibility index (Phi) is 4.01. The molecular formula is C12H13ClN4O2. The van der Waals surface area contributed by atoms with Gasteiger partial charge in [-0.15, -0.1) is 0 Å². The van der Waals surface area contributed by atoms with E-state index in [4.69, 9.17) is 16.7 Å². The maximum atomic E-state index is 11.1. The maximum Gasteiger partial charge on any atom is 0.326 e. The van der Waals surface area contributed by atoms with E-state index in [0.29, 0.717) is 22.8 Å². The van der Waals surface area contributed by atoms with Crippen molar-refractivity contribution in [3.05, 3.63) is 35.9 Å². The molecule has 2 rings (SSSR count). The standard InChI is InChI=1S/C12H13ClN4O2/c1-2-9(12(18)19)16-10-5-8(13)3-4-11(10)17-7-14-6-15-17/h3-7,9,16H,2H2,1H3,(H,18,19). The lowest BCUT2D eigenvalue weighted by Gasteiger charge is -2.17. The number of carboxylic acid groups (broad SMARTS) is 1. The van der Waals surface area contributed by atoms with Crippen LogP contribution in [-0.4, -0.2) is 31.9 Å². The van der Waals surface area contributed by atoms with Crippen LogP contribution in [0.1, 0.15) is 13.3 Å². The average molecular weight is 281 g/mol. The molecule has 0 fully saturated rings. The largest absolute Gasteiger partial charge is 0.480 e. The van der Waals surface area contributed by atoms with Gasteiger partial charge in [-0.1, -0.05) is 18.5 Å². The van der Waals surface area contributed by atoms with Gasteiger partial charge in [-0.3, -0.25) is 0 Å². The Balaban J connectivity index is 2.38.